The summed E-state index contributed by atoms with van der Waals surface area (Å²) in [4.78, 5) is 4.70. The topological polar surface area (TPSA) is 31.6 Å². The van der Waals surface area contributed by atoms with Gasteiger partial charge in [0.05, 0.1) is 19.7 Å². The maximum Gasteiger partial charge on any atom is 0.0844 e. The van der Waals surface area contributed by atoms with Crippen LogP contribution in [-0.2, 0) is 6.54 Å². The zero-order valence-electron chi connectivity index (χ0n) is 15.4. The Hall–Kier alpha value is -2.03. The van der Waals surface area contributed by atoms with Gasteiger partial charge in [0.1, 0.15) is 0 Å². The normalized spacial score (nSPS) is 15.4. The number of rotatable bonds is 4. The van der Waals surface area contributed by atoms with Crippen molar-refractivity contribution in [3.8, 4) is 11.8 Å². The van der Waals surface area contributed by atoms with Gasteiger partial charge in [-0.1, -0.05) is 48.2 Å². The minimum absolute atomic E-state index is 0. The van der Waals surface area contributed by atoms with Gasteiger partial charge in [0.2, 0.25) is 0 Å². The molecule has 1 saturated heterocycles. The molecule has 1 aliphatic heterocycles. The molecule has 4 rings (SSSR count). The average molecular weight is 383 g/mol. The number of fused-ring (bicyclic) bond motifs is 3. The highest BCUT2D eigenvalue weighted by molar-refractivity contribution is 6.07. The summed E-state index contributed by atoms with van der Waals surface area (Å²) < 4.78 is 2.32. The molecule has 1 fully saturated rings. The number of piperazine rings is 1. The molecule has 2 heterocycles. The van der Waals surface area contributed by atoms with Crippen molar-refractivity contribution in [2.24, 2.45) is 0 Å². The lowest BCUT2D eigenvalue weighted by Gasteiger charge is -2.33. The Bertz CT molecular complexity index is 895. The number of hydrogen-bond acceptors (Lipinski definition) is 3. The van der Waals surface area contributed by atoms with E-state index in [2.05, 4.69) is 74.7 Å². The van der Waals surface area contributed by atoms with Crippen LogP contribution in [0.25, 0.3) is 21.8 Å². The van der Waals surface area contributed by atoms with Crippen molar-refractivity contribution in [3.05, 3.63) is 48.5 Å². The molecule has 0 saturated carbocycles. The molecule has 3 aromatic rings. The molecule has 0 bridgehead atoms. The van der Waals surface area contributed by atoms with Gasteiger partial charge in [-0.05, 0) is 12.1 Å². The van der Waals surface area contributed by atoms with Crippen LogP contribution in [-0.4, -0.2) is 65.3 Å². The van der Waals surface area contributed by atoms with Crippen LogP contribution in [0.1, 0.15) is 0 Å². The summed E-state index contributed by atoms with van der Waals surface area (Å²) in [5.74, 6) is 6.73. The minimum Gasteiger partial charge on any atom is -1.00 e. The third kappa shape index (κ3) is 4.28. The zero-order chi connectivity index (χ0) is 17.8. The Balaban J connectivity index is 0.00000210. The summed E-state index contributed by atoms with van der Waals surface area (Å²) in [5.41, 5.74) is 2.50. The number of aromatic nitrogens is 1. The smallest absolute Gasteiger partial charge is 0.0844 e. The second-order valence-corrected chi connectivity index (χ2v) is 6.82. The van der Waals surface area contributed by atoms with Crippen LogP contribution in [0.4, 0.5) is 0 Å². The number of aliphatic hydroxyl groups is 1. The third-order valence-electron chi connectivity index (χ3n) is 5.23. The van der Waals surface area contributed by atoms with Crippen molar-refractivity contribution in [1.82, 2.24) is 14.4 Å². The summed E-state index contributed by atoms with van der Waals surface area (Å²) in [6.07, 6.45) is 0. The van der Waals surface area contributed by atoms with E-state index in [0.29, 0.717) is 0 Å². The Kier molecular flexibility index (Phi) is 6.76. The summed E-state index contributed by atoms with van der Waals surface area (Å²) in [6, 6.07) is 17.1. The molecule has 0 radical (unpaired) electrons. The maximum absolute atomic E-state index is 9.02. The fourth-order valence-corrected chi connectivity index (χ4v) is 3.79. The van der Waals surface area contributed by atoms with Gasteiger partial charge in [0.15, 0.2) is 0 Å². The molecule has 0 atom stereocenters. The van der Waals surface area contributed by atoms with Gasteiger partial charge in [-0.3, -0.25) is 9.80 Å². The van der Waals surface area contributed by atoms with Crippen LogP contribution >= 0.6 is 0 Å². The highest BCUT2D eigenvalue weighted by Crippen LogP contribution is 2.28. The van der Waals surface area contributed by atoms with E-state index in [9.17, 15) is 0 Å². The zero-order valence-corrected chi connectivity index (χ0v) is 16.2. The first-order chi connectivity index (χ1) is 12.9. The molecule has 0 amide bonds. The molecule has 142 valence electrons. The van der Waals surface area contributed by atoms with E-state index in [1.165, 1.54) is 21.8 Å². The summed E-state index contributed by atoms with van der Waals surface area (Å²) in [7, 11) is 0. The standard InChI is InChI=1S/C22H25N3O.ClH/c26-18-17-24-15-13-23(14-16-24)11-5-6-12-25-21-9-3-1-7-19(21)20-8-2-4-10-22(20)25;/h1-4,7-10,26H,11-18H2;1H/p-1. The molecule has 0 aliphatic carbocycles. The molecule has 2 aromatic carbocycles. The van der Waals surface area contributed by atoms with E-state index in [1.807, 2.05) is 0 Å². The van der Waals surface area contributed by atoms with Crippen LogP contribution in [0.3, 0.4) is 0 Å². The molecule has 1 aliphatic rings. The minimum atomic E-state index is 0. The van der Waals surface area contributed by atoms with Gasteiger partial charge in [0.25, 0.3) is 0 Å². The molecule has 1 aromatic heterocycles. The molecular weight excluding hydrogens is 358 g/mol. The van der Waals surface area contributed by atoms with E-state index in [0.717, 1.165) is 45.8 Å². The molecule has 27 heavy (non-hydrogen) atoms. The largest absolute Gasteiger partial charge is 1.00 e. The number of hydrogen-bond donors (Lipinski definition) is 1. The number of para-hydroxylation sites is 2. The third-order valence-corrected chi connectivity index (χ3v) is 5.23. The Labute approximate surface area is 166 Å². The molecule has 1 N–H and O–H groups in total. The van der Waals surface area contributed by atoms with Gasteiger partial charge in [-0.15, -0.1) is 0 Å². The van der Waals surface area contributed by atoms with Gasteiger partial charge in [-0.25, -0.2) is 0 Å². The lowest BCUT2D eigenvalue weighted by molar-refractivity contribution is -0.00000630. The Morgan fingerprint density at radius 1 is 0.741 bits per heavy atom. The van der Waals surface area contributed by atoms with Gasteiger partial charge >= 0.3 is 0 Å². The van der Waals surface area contributed by atoms with E-state index >= 15 is 0 Å². The maximum atomic E-state index is 9.02. The molecular formula is C22H25ClN3O-. The van der Waals surface area contributed by atoms with Gasteiger partial charge < -0.3 is 22.1 Å². The summed E-state index contributed by atoms with van der Waals surface area (Å²) in [6.45, 7) is 6.69. The second-order valence-electron chi connectivity index (χ2n) is 6.82. The lowest BCUT2D eigenvalue weighted by Crippen LogP contribution is -3.00. The highest BCUT2D eigenvalue weighted by atomic mass is 35.5. The van der Waals surface area contributed by atoms with Gasteiger partial charge in [-0.2, -0.15) is 0 Å². The predicted molar refractivity (Wildman–Crippen MR) is 107 cm³/mol. The van der Waals surface area contributed by atoms with E-state index < -0.39 is 0 Å². The Morgan fingerprint density at radius 2 is 1.26 bits per heavy atom. The van der Waals surface area contributed by atoms with Crippen LogP contribution < -0.4 is 12.4 Å². The van der Waals surface area contributed by atoms with Crippen LogP contribution in [0.2, 0.25) is 0 Å². The van der Waals surface area contributed by atoms with Crippen molar-refractivity contribution >= 4 is 21.8 Å². The fraction of sp³-hybridized carbons (Fsp3) is 0.364. The lowest BCUT2D eigenvalue weighted by atomic mass is 10.2. The number of halogens is 1. The SMILES string of the molecule is OCCN1CCN(CC#CCn2c3ccccc3c3ccccc32)CC1.[Cl-]. The van der Waals surface area contributed by atoms with E-state index in [-0.39, 0.29) is 19.0 Å². The first kappa shape index (κ1) is 19.7. The second kappa shape index (κ2) is 9.25. The number of β-amino-alcohol motifs (C(OH)–C–C–N with tert-alkyl or cyclic N) is 1. The van der Waals surface area contributed by atoms with E-state index in [1.54, 1.807) is 0 Å². The van der Waals surface area contributed by atoms with Crippen molar-refractivity contribution in [1.29, 1.82) is 0 Å². The monoisotopic (exact) mass is 382 g/mol. The van der Waals surface area contributed by atoms with Crippen LogP contribution in [0.15, 0.2) is 48.5 Å². The molecule has 0 spiro atoms. The average Bonchev–Trinajstić information content (AvgIpc) is 3.01. The van der Waals surface area contributed by atoms with Crippen molar-refractivity contribution in [2.45, 2.75) is 6.54 Å². The highest BCUT2D eigenvalue weighted by Gasteiger charge is 2.15. The van der Waals surface area contributed by atoms with Crippen molar-refractivity contribution in [2.75, 3.05) is 45.9 Å². The number of aliphatic hydroxyl groups excluding tert-OH is 1. The molecule has 5 heteroatoms. The van der Waals surface area contributed by atoms with Crippen molar-refractivity contribution in [3.63, 3.8) is 0 Å². The predicted octanol–water partition coefficient (Wildman–Crippen LogP) is -0.588. The quantitative estimate of drug-likeness (QED) is 0.612. The fourth-order valence-electron chi connectivity index (χ4n) is 3.79. The summed E-state index contributed by atoms with van der Waals surface area (Å²) in [5, 5.41) is 11.6. The first-order valence-electron chi connectivity index (χ1n) is 9.34. The number of benzene rings is 2. The van der Waals surface area contributed by atoms with Gasteiger partial charge in [0, 0.05) is 54.5 Å². The van der Waals surface area contributed by atoms with E-state index in [4.69, 9.17) is 5.11 Å². The van der Waals surface area contributed by atoms with Crippen molar-refractivity contribution < 1.29 is 17.5 Å². The van der Waals surface area contributed by atoms with Crippen LogP contribution in [0.5, 0.6) is 0 Å². The molecule has 4 nitrogen and oxygen atoms in total. The Morgan fingerprint density at radius 3 is 1.85 bits per heavy atom. The van der Waals surface area contributed by atoms with Crippen LogP contribution in [0, 0.1) is 11.8 Å². The number of nitrogens with zero attached hydrogens (tertiary/aromatic N) is 3. The first-order valence-corrected chi connectivity index (χ1v) is 9.34. The molecule has 0 unspecified atom stereocenters. The summed E-state index contributed by atoms with van der Waals surface area (Å²) >= 11 is 0.